The minimum Gasteiger partial charge on any atom is -0.480 e. The lowest BCUT2D eigenvalue weighted by atomic mass is 9.80. The molecule has 0 radical (unpaired) electrons. The van der Waals surface area contributed by atoms with Gasteiger partial charge in [0.2, 0.25) is 10.0 Å². The molecule has 6 aromatic heterocycles. The summed E-state index contributed by atoms with van der Waals surface area (Å²) in [6.45, 7) is 26.1. The first-order valence-corrected chi connectivity index (χ1v) is 39.8. The van der Waals surface area contributed by atoms with E-state index in [1.807, 2.05) is 104 Å². The zero-order chi connectivity index (χ0) is 73.6. The Morgan fingerprint density at radius 3 is 1.12 bits per heavy atom. The summed E-state index contributed by atoms with van der Waals surface area (Å²) in [7, 11) is -3.43. The van der Waals surface area contributed by atoms with Crippen LogP contribution in [0.15, 0.2) is 73.2 Å². The molecule has 6 fully saturated rings. The second kappa shape index (κ2) is 32.1. The fourth-order valence-corrected chi connectivity index (χ4v) is 18.2. The van der Waals surface area contributed by atoms with Crippen molar-refractivity contribution in [3.63, 3.8) is 0 Å². The first kappa shape index (κ1) is 75.6. The second-order valence-corrected chi connectivity index (χ2v) is 33.5. The number of piperidine rings is 3. The van der Waals surface area contributed by atoms with Gasteiger partial charge in [-0.25, -0.2) is 57.5 Å². The number of carbonyl (C=O) groups is 2. The molecule has 554 valence electrons. The number of carboxylic acids is 1. The summed E-state index contributed by atoms with van der Waals surface area (Å²) >= 11 is 37.7. The van der Waals surface area contributed by atoms with Crippen molar-refractivity contribution >= 4 is 142 Å². The lowest BCUT2D eigenvalue weighted by Crippen LogP contribution is -2.54. The Kier molecular flexibility index (Phi) is 23.3. The minimum absolute atomic E-state index is 0.0128. The van der Waals surface area contributed by atoms with Crippen LogP contribution < -0.4 is 19.8 Å². The number of Topliss-reactive ketones (excluding diaryl/α,β-unsaturated/α-hetero) is 1. The fourth-order valence-electron chi connectivity index (χ4n) is 16.0. The number of nitrogens with zero attached hydrogens (tertiary/aromatic N) is 18. The summed E-state index contributed by atoms with van der Waals surface area (Å²) in [4.78, 5) is 65.0. The predicted molar refractivity (Wildman–Crippen MR) is 412 cm³/mol. The number of halogens is 6. The van der Waals surface area contributed by atoms with Crippen molar-refractivity contribution < 1.29 is 23.1 Å². The minimum atomic E-state index is -3.43. The molecule has 0 bridgehead atoms. The number of rotatable bonds is 19. The van der Waals surface area contributed by atoms with Gasteiger partial charge in [-0.1, -0.05) is 87.8 Å². The molecule has 104 heavy (non-hydrogen) atoms. The van der Waals surface area contributed by atoms with Crippen LogP contribution in [0, 0.1) is 56.3 Å². The van der Waals surface area contributed by atoms with Gasteiger partial charge in [0.15, 0.2) is 16.9 Å². The molecule has 0 aliphatic carbocycles. The van der Waals surface area contributed by atoms with Gasteiger partial charge < -0.3 is 24.7 Å². The van der Waals surface area contributed by atoms with Gasteiger partial charge in [-0.2, -0.15) is 15.3 Å². The average molecular weight is 1560 g/mol. The first-order valence-electron chi connectivity index (χ1n) is 35.8. The van der Waals surface area contributed by atoms with Crippen LogP contribution in [-0.2, 0) is 19.6 Å². The number of aryl methyl sites for hydroxylation is 3. The highest BCUT2D eigenvalue weighted by Crippen LogP contribution is 2.40. The standard InChI is InChI=1S/C25H30Cl2N6O.C24H31Cl2N7O2S.C24H28Cl2N6O2/c1-15(34)11-31-8-4-5-18(12-31)19-13-32(14-19)23-10-28-24-16(2)30-33(25(24)29-23)17(3)21-7-6-20(26)9-22(21)27;1-15-23-24(33(30-15)16(2)20-6-5-19(25)10-21(20)26)29-22(11-28-23)32-13-18(14-32)17-4-3-7-31(12-17)8-9-36(27,34)35;1-14-23-24(32(29-14)15(2)19-6-5-18(25)8-20(19)26)28-21(9-27-23)31-11-17(12-31)16-4-3-7-30(10-16)13-22(33)34/h6-7,9-10,17-19H,4-5,8,11-14H2,1-3H3;5-6,10-11,16-18H,3-4,7-9,12-14H2,1-2H3,(H2,27,34,35);5-6,8-9,15-17H,3-4,7,10-13H2,1-2H3,(H,33,34). The van der Waals surface area contributed by atoms with E-state index < -0.39 is 16.0 Å². The molecule has 0 amide bonds. The van der Waals surface area contributed by atoms with Crippen LogP contribution >= 0.6 is 69.6 Å². The Bertz CT molecular complexity index is 4570. The molecule has 3 N–H and O–H groups in total. The third-order valence-electron chi connectivity index (χ3n) is 21.8. The summed E-state index contributed by atoms with van der Waals surface area (Å²) in [5.74, 6) is 5.54. The van der Waals surface area contributed by atoms with Crippen molar-refractivity contribution in [3.8, 4) is 0 Å². The van der Waals surface area contributed by atoms with Crippen LogP contribution in [-0.4, -0.2) is 203 Å². The molecular weight excluding hydrogens is 1470 g/mol. The van der Waals surface area contributed by atoms with Crippen molar-refractivity contribution in [2.45, 2.75) is 105 Å². The largest absolute Gasteiger partial charge is 0.480 e. The van der Waals surface area contributed by atoms with Crippen LogP contribution in [0.5, 0.6) is 0 Å². The summed E-state index contributed by atoms with van der Waals surface area (Å²) in [6, 6.07) is 16.2. The van der Waals surface area contributed by atoms with Gasteiger partial charge in [0, 0.05) is 95.6 Å². The lowest BCUT2D eigenvalue weighted by molar-refractivity contribution is -0.138. The third-order valence-corrected chi connectivity index (χ3v) is 24.3. The number of carboxylic acid groups (broad SMARTS) is 1. The lowest BCUT2D eigenvalue weighted by Gasteiger charge is -2.47. The van der Waals surface area contributed by atoms with Gasteiger partial charge in [0.05, 0.1) is 72.6 Å². The topological polar surface area (TPSA) is 265 Å². The molecule has 6 saturated heterocycles. The zero-order valence-corrected chi connectivity index (χ0v) is 64.9. The highest BCUT2D eigenvalue weighted by molar-refractivity contribution is 7.89. The van der Waals surface area contributed by atoms with Crippen LogP contribution in [0.1, 0.15) is 118 Å². The number of benzene rings is 3. The van der Waals surface area contributed by atoms with Gasteiger partial charge in [0.1, 0.15) is 39.8 Å². The molecule has 3 aromatic carbocycles. The molecule has 0 saturated carbocycles. The van der Waals surface area contributed by atoms with Crippen LogP contribution in [0.4, 0.5) is 17.5 Å². The molecule has 24 nitrogen and oxygen atoms in total. The number of aliphatic carboxylic acids is 1. The summed E-state index contributed by atoms with van der Waals surface area (Å²) in [6.07, 6.45) is 12.4. The zero-order valence-electron chi connectivity index (χ0n) is 59.6. The number of hydrogen-bond acceptors (Lipinski definition) is 19. The molecule has 0 spiro atoms. The molecule has 6 aliphatic rings. The van der Waals surface area contributed by atoms with Crippen LogP contribution in [0.3, 0.4) is 0 Å². The van der Waals surface area contributed by atoms with Crippen molar-refractivity contribution in [2.75, 3.05) is 119 Å². The number of nitrogens with two attached hydrogens (primary N) is 1. The van der Waals surface area contributed by atoms with Crippen LogP contribution in [0.2, 0.25) is 30.1 Å². The Morgan fingerprint density at radius 2 is 0.808 bits per heavy atom. The van der Waals surface area contributed by atoms with E-state index >= 15 is 0 Å². The number of primary sulfonamides is 1. The van der Waals surface area contributed by atoms with E-state index in [-0.39, 0.29) is 36.2 Å². The van der Waals surface area contributed by atoms with Gasteiger partial charge in [-0.3, -0.25) is 19.4 Å². The summed E-state index contributed by atoms with van der Waals surface area (Å²) in [5, 5.41) is 32.1. The Morgan fingerprint density at radius 1 is 0.490 bits per heavy atom. The Balaban J connectivity index is 0.000000139. The number of sulfonamides is 1. The van der Waals surface area contributed by atoms with E-state index in [2.05, 4.69) is 41.3 Å². The fraction of sp³-hybridized carbons (Fsp3) is 0.521. The van der Waals surface area contributed by atoms with Crippen molar-refractivity contribution in [1.29, 1.82) is 0 Å². The highest BCUT2D eigenvalue weighted by atomic mass is 35.5. The monoisotopic (exact) mass is 1550 g/mol. The van der Waals surface area contributed by atoms with E-state index in [4.69, 9.17) is 120 Å². The van der Waals surface area contributed by atoms with Gasteiger partial charge >= 0.3 is 5.97 Å². The maximum Gasteiger partial charge on any atom is 0.317 e. The number of carbonyl (C=O) groups excluding carboxylic acids is 1. The normalized spacial score (nSPS) is 20.5. The summed E-state index contributed by atoms with van der Waals surface area (Å²) < 4.78 is 28.4. The predicted octanol–water partition coefficient (Wildman–Crippen LogP) is 12.6. The van der Waals surface area contributed by atoms with Crippen molar-refractivity contribution in [3.05, 3.63) is 137 Å². The van der Waals surface area contributed by atoms with E-state index in [9.17, 15) is 18.0 Å². The number of ketones is 1. The van der Waals surface area contributed by atoms with Crippen molar-refractivity contribution in [1.82, 2.24) is 73.9 Å². The molecule has 9 aromatic rings. The average Bonchev–Trinajstić information content (AvgIpc) is 1.59. The number of aromatic nitrogens is 12. The SMILES string of the molecule is CC(=O)CN1CCCC(C2CN(c3cnc4c(C)nn(C(C)c5ccc(Cl)cc5Cl)c4n3)C2)C1.Cc1nn(C(C)c2ccc(Cl)cc2Cl)c2nc(N3CC(C4CCCN(CC(=O)O)C4)C3)cnc12.Cc1nn(C(C)c2ccc(Cl)cc2Cl)c2nc(N3CC(C4CCCN(CCS(N)(=O)=O)C4)C3)cnc12. The van der Waals surface area contributed by atoms with E-state index in [0.29, 0.717) is 78.7 Å². The Labute approximate surface area is 636 Å². The van der Waals surface area contributed by atoms with Gasteiger partial charge in [-0.15, -0.1) is 0 Å². The number of fused-ring (bicyclic) bond motifs is 3. The molecule has 6 aliphatic heterocycles. The molecular formula is C73H89Cl6N19O5S. The summed E-state index contributed by atoms with van der Waals surface area (Å²) in [5.41, 5.74) is 9.91. The maximum atomic E-state index is 11.5. The molecule has 31 heteroatoms. The third kappa shape index (κ3) is 17.0. The number of anilines is 3. The first-order chi connectivity index (χ1) is 49.7. The molecule has 12 heterocycles. The van der Waals surface area contributed by atoms with E-state index in [0.717, 1.165) is 183 Å². The quantitative estimate of drug-likeness (QED) is 0.0762. The molecule has 6 unspecified atom stereocenters. The second-order valence-electron chi connectivity index (χ2n) is 29.3. The van der Waals surface area contributed by atoms with E-state index in [1.165, 1.54) is 19.3 Å². The van der Waals surface area contributed by atoms with Crippen molar-refractivity contribution in [2.24, 2.45) is 40.6 Å². The smallest absolute Gasteiger partial charge is 0.317 e. The molecule has 15 rings (SSSR count). The molecule has 6 atom stereocenters. The van der Waals surface area contributed by atoms with Gasteiger partial charge in [-0.05, 0) is 195 Å². The Hall–Kier alpha value is -6.62. The highest BCUT2D eigenvalue weighted by Gasteiger charge is 2.41. The number of likely N-dealkylation sites (tertiary alicyclic amines) is 3. The maximum absolute atomic E-state index is 11.5. The van der Waals surface area contributed by atoms with Gasteiger partial charge in [0.25, 0.3) is 0 Å². The van der Waals surface area contributed by atoms with Crippen LogP contribution in [0.25, 0.3) is 33.5 Å². The van der Waals surface area contributed by atoms with E-state index in [1.54, 1.807) is 25.1 Å². The number of hydrogen-bond donors (Lipinski definition) is 2.